The number of aliphatic hydroxyl groups is 1. The van der Waals surface area contributed by atoms with Gasteiger partial charge in [0.25, 0.3) is 5.56 Å². The Morgan fingerprint density at radius 2 is 1.56 bits per heavy atom. The first-order valence-corrected chi connectivity index (χ1v) is 14.0. The second kappa shape index (κ2) is 13.5. The Bertz CT molecular complexity index is 1890. The van der Waals surface area contributed by atoms with Gasteiger partial charge in [-0.15, -0.1) is 0 Å². The fraction of sp³-hybridized carbons (Fsp3) is 0.206. The van der Waals surface area contributed by atoms with Gasteiger partial charge in [0.1, 0.15) is 18.1 Å². The fourth-order valence-corrected chi connectivity index (χ4v) is 5.16. The molecule has 0 fully saturated rings. The summed E-state index contributed by atoms with van der Waals surface area (Å²) < 4.78 is 29.3. The predicted molar refractivity (Wildman–Crippen MR) is 168 cm³/mol. The van der Waals surface area contributed by atoms with E-state index in [9.17, 15) is 14.7 Å². The van der Waals surface area contributed by atoms with Crippen molar-refractivity contribution in [3.63, 3.8) is 0 Å². The maximum Gasteiger partial charge on any atom is 0.355 e. The molecule has 3 aromatic carbocycles. The average molecular weight is 612 g/mol. The van der Waals surface area contributed by atoms with Crippen LogP contribution in [0, 0.1) is 0 Å². The third-order valence-electron chi connectivity index (χ3n) is 7.33. The summed E-state index contributed by atoms with van der Waals surface area (Å²) in [5.41, 5.74) is 8.69. The molecule has 0 atom stereocenters. The van der Waals surface area contributed by atoms with Crippen LogP contribution in [0.1, 0.15) is 27.4 Å². The zero-order valence-corrected chi connectivity index (χ0v) is 25.3. The van der Waals surface area contributed by atoms with Crippen LogP contribution in [-0.4, -0.2) is 49.1 Å². The molecule has 0 aliphatic heterocycles. The van der Waals surface area contributed by atoms with Crippen molar-refractivity contribution in [2.24, 2.45) is 5.73 Å². The highest BCUT2D eigenvalue weighted by Gasteiger charge is 2.27. The van der Waals surface area contributed by atoms with E-state index in [1.165, 1.54) is 33.0 Å². The van der Waals surface area contributed by atoms with E-state index in [-0.39, 0.29) is 24.3 Å². The Morgan fingerprint density at radius 3 is 2.16 bits per heavy atom. The molecule has 0 radical (unpaired) electrons. The second-order valence-corrected chi connectivity index (χ2v) is 9.91. The standard InChI is InChI=1S/C34H33N3O8/c1-41-28-14-21(15-29(42-2)32(28)43-3)30-26-13-12-25(45-19-23-7-5-6-22(18-38)36-23)16-27(26)33(39)37(31(30)34(40)44-4)24-10-8-20(17-35)9-11-24/h5-16,38H,17-19,35H2,1-4H3. The maximum absolute atomic E-state index is 14.3. The van der Waals surface area contributed by atoms with Crippen molar-refractivity contribution in [2.75, 3.05) is 28.4 Å². The van der Waals surface area contributed by atoms with E-state index >= 15 is 0 Å². The van der Waals surface area contributed by atoms with Gasteiger partial charge >= 0.3 is 5.97 Å². The third-order valence-corrected chi connectivity index (χ3v) is 7.33. The second-order valence-electron chi connectivity index (χ2n) is 9.91. The molecule has 0 saturated heterocycles. The Kier molecular flexibility index (Phi) is 9.31. The average Bonchev–Trinajstić information content (AvgIpc) is 3.09. The van der Waals surface area contributed by atoms with Crippen LogP contribution >= 0.6 is 0 Å². The van der Waals surface area contributed by atoms with Crippen LogP contribution in [0.25, 0.3) is 27.6 Å². The van der Waals surface area contributed by atoms with Gasteiger partial charge in [0.05, 0.1) is 51.8 Å². The summed E-state index contributed by atoms with van der Waals surface area (Å²) in [6.45, 7) is 0.222. The minimum atomic E-state index is -0.726. The molecule has 232 valence electrons. The number of nitrogens with zero attached hydrogens (tertiary/aromatic N) is 2. The van der Waals surface area contributed by atoms with Crippen LogP contribution in [0.15, 0.2) is 77.6 Å². The number of nitrogens with two attached hydrogens (primary N) is 1. The number of hydrogen-bond donors (Lipinski definition) is 2. The molecule has 5 rings (SSSR count). The summed E-state index contributed by atoms with van der Waals surface area (Å²) in [7, 11) is 5.75. The van der Waals surface area contributed by atoms with Gasteiger partial charge in [-0.3, -0.25) is 14.3 Å². The smallest absolute Gasteiger partial charge is 0.355 e. The number of benzene rings is 3. The number of methoxy groups -OCH3 is 4. The van der Waals surface area contributed by atoms with Crippen molar-refractivity contribution < 1.29 is 33.6 Å². The predicted octanol–water partition coefficient (Wildman–Crippen LogP) is 4.40. The summed E-state index contributed by atoms with van der Waals surface area (Å²) in [6.07, 6.45) is 0. The number of carbonyl (C=O) groups excluding carboxylic acids is 1. The topological polar surface area (TPSA) is 144 Å². The number of aromatic nitrogens is 2. The lowest BCUT2D eigenvalue weighted by molar-refractivity contribution is 0.0591. The minimum absolute atomic E-state index is 0.00320. The number of aliphatic hydroxyl groups excluding tert-OH is 1. The maximum atomic E-state index is 14.3. The van der Waals surface area contributed by atoms with Gasteiger partial charge in [-0.2, -0.15) is 0 Å². The van der Waals surface area contributed by atoms with Gasteiger partial charge in [0.2, 0.25) is 5.75 Å². The van der Waals surface area contributed by atoms with E-state index in [4.69, 9.17) is 29.4 Å². The van der Waals surface area contributed by atoms with Crippen LogP contribution in [0.4, 0.5) is 0 Å². The summed E-state index contributed by atoms with van der Waals surface area (Å²) in [6, 6.07) is 20.8. The number of fused-ring (bicyclic) bond motifs is 1. The van der Waals surface area contributed by atoms with Crippen LogP contribution < -0.4 is 30.2 Å². The zero-order chi connectivity index (χ0) is 32.1. The third kappa shape index (κ3) is 6.03. The number of carbonyl (C=O) groups is 1. The molecule has 5 aromatic rings. The number of ether oxygens (including phenoxy) is 5. The summed E-state index contributed by atoms with van der Waals surface area (Å²) >= 11 is 0. The molecular formula is C34H33N3O8. The molecule has 0 aliphatic rings. The number of rotatable bonds is 11. The summed E-state index contributed by atoms with van der Waals surface area (Å²) in [5.74, 6) is 0.767. The van der Waals surface area contributed by atoms with Crippen molar-refractivity contribution in [1.29, 1.82) is 0 Å². The summed E-state index contributed by atoms with van der Waals surface area (Å²) in [4.78, 5) is 32.3. The molecule has 45 heavy (non-hydrogen) atoms. The van der Waals surface area contributed by atoms with Gasteiger partial charge in [0.15, 0.2) is 11.5 Å². The van der Waals surface area contributed by atoms with Crippen LogP contribution in [0.5, 0.6) is 23.0 Å². The molecule has 11 nitrogen and oxygen atoms in total. The molecule has 0 aliphatic carbocycles. The van der Waals surface area contributed by atoms with Crippen molar-refractivity contribution in [3.05, 3.63) is 106 Å². The van der Waals surface area contributed by atoms with Crippen LogP contribution in [0.2, 0.25) is 0 Å². The van der Waals surface area contributed by atoms with E-state index in [1.807, 2.05) is 0 Å². The van der Waals surface area contributed by atoms with Crippen molar-refractivity contribution in [3.8, 4) is 39.8 Å². The molecular weight excluding hydrogens is 578 g/mol. The normalized spacial score (nSPS) is 10.9. The highest BCUT2D eigenvalue weighted by atomic mass is 16.5. The van der Waals surface area contributed by atoms with E-state index in [2.05, 4.69) is 4.98 Å². The molecule has 0 spiro atoms. The van der Waals surface area contributed by atoms with E-state index in [0.29, 0.717) is 63.1 Å². The summed E-state index contributed by atoms with van der Waals surface area (Å²) in [5, 5.41) is 10.2. The Labute approximate surface area is 259 Å². The quantitative estimate of drug-likeness (QED) is 0.206. The molecule has 0 amide bonds. The van der Waals surface area contributed by atoms with Crippen molar-refractivity contribution in [1.82, 2.24) is 9.55 Å². The lowest BCUT2D eigenvalue weighted by Gasteiger charge is -2.21. The molecule has 0 saturated carbocycles. The molecule has 3 N–H and O–H groups in total. The van der Waals surface area contributed by atoms with Gasteiger partial charge in [0, 0.05) is 17.8 Å². The first kappa shape index (κ1) is 31.0. The highest BCUT2D eigenvalue weighted by Crippen LogP contribution is 2.44. The minimum Gasteiger partial charge on any atom is -0.493 e. The Morgan fingerprint density at radius 1 is 0.867 bits per heavy atom. The van der Waals surface area contributed by atoms with E-state index in [0.717, 1.165) is 5.56 Å². The number of hydrogen-bond acceptors (Lipinski definition) is 10. The van der Waals surface area contributed by atoms with E-state index in [1.54, 1.807) is 72.8 Å². The number of pyridine rings is 2. The largest absolute Gasteiger partial charge is 0.493 e. The monoisotopic (exact) mass is 611 g/mol. The Hall–Kier alpha value is -5.39. The lowest BCUT2D eigenvalue weighted by Crippen LogP contribution is -2.27. The first-order chi connectivity index (χ1) is 21.9. The molecule has 2 heterocycles. The van der Waals surface area contributed by atoms with E-state index < -0.39 is 11.5 Å². The van der Waals surface area contributed by atoms with Gasteiger partial charge in [-0.05, 0) is 71.1 Å². The molecule has 11 heteroatoms. The molecule has 0 unspecified atom stereocenters. The SMILES string of the molecule is COC(=O)c1c(-c2cc(OC)c(OC)c(OC)c2)c2ccc(OCc3cccc(CO)n3)cc2c(=O)n1-c1ccc(CN)cc1. The highest BCUT2D eigenvalue weighted by molar-refractivity contribution is 6.07. The Balaban J connectivity index is 1.81. The fourth-order valence-electron chi connectivity index (χ4n) is 5.16. The molecule has 0 bridgehead atoms. The number of esters is 1. The lowest BCUT2D eigenvalue weighted by atomic mass is 9.95. The van der Waals surface area contributed by atoms with Crippen molar-refractivity contribution in [2.45, 2.75) is 19.8 Å². The van der Waals surface area contributed by atoms with Gasteiger partial charge in [-0.25, -0.2) is 4.79 Å². The first-order valence-electron chi connectivity index (χ1n) is 14.0. The van der Waals surface area contributed by atoms with Crippen molar-refractivity contribution >= 4 is 16.7 Å². The zero-order valence-electron chi connectivity index (χ0n) is 25.3. The van der Waals surface area contributed by atoms with Crippen LogP contribution in [0.3, 0.4) is 0 Å². The molecule has 2 aromatic heterocycles. The van der Waals surface area contributed by atoms with Gasteiger partial charge in [-0.1, -0.05) is 18.2 Å². The van der Waals surface area contributed by atoms with Gasteiger partial charge < -0.3 is 34.5 Å². The van der Waals surface area contributed by atoms with Crippen LogP contribution in [-0.2, 0) is 24.5 Å².